The Balaban J connectivity index is 1.39. The molecule has 4 aromatic rings. The second-order valence-electron chi connectivity index (χ2n) is 11.8. The zero-order valence-electron chi connectivity index (χ0n) is 26.3. The van der Waals surface area contributed by atoms with Crippen LogP contribution in [0.1, 0.15) is 36.0 Å². The van der Waals surface area contributed by atoms with E-state index in [-0.39, 0.29) is 47.1 Å². The van der Waals surface area contributed by atoms with Crippen LogP contribution in [0.3, 0.4) is 0 Å². The molecular weight excluding hydrogens is 684 g/mol. The Bertz CT molecular complexity index is 1860. The second kappa shape index (κ2) is 15.3. The number of nitrogens with two attached hydrogens (primary N) is 1. The quantitative estimate of drug-likeness (QED) is 0.154. The second-order valence-corrected chi connectivity index (χ2v) is 14.1. The molecule has 8 nitrogen and oxygen atoms in total. The summed E-state index contributed by atoms with van der Waals surface area (Å²) in [5.74, 6) is -2.76. The van der Waals surface area contributed by atoms with Gasteiger partial charge in [0.2, 0.25) is 15.9 Å². The number of carbonyl (C=O) groups is 1. The molecule has 1 aliphatic rings. The fourth-order valence-corrected chi connectivity index (χ4v) is 7.87. The first kappa shape index (κ1) is 36.3. The van der Waals surface area contributed by atoms with Crippen LogP contribution in [0.4, 0.5) is 23.2 Å². The lowest BCUT2D eigenvalue weighted by Gasteiger charge is -2.38. The molecule has 4 N–H and O–H groups in total. The Hall–Kier alpha value is -4.01. The van der Waals surface area contributed by atoms with Crippen molar-refractivity contribution in [2.45, 2.75) is 55.1 Å². The molecule has 0 radical (unpaired) electrons. The highest BCUT2D eigenvalue weighted by molar-refractivity contribution is 7.89. The number of sulfonamides is 1. The molecular formula is C35H35ClF4N4O4S. The lowest BCUT2D eigenvalue weighted by molar-refractivity contribution is -0.274. The van der Waals surface area contributed by atoms with Crippen LogP contribution in [0.2, 0.25) is 5.02 Å². The summed E-state index contributed by atoms with van der Waals surface area (Å²) in [6, 6.07) is 21.8. The van der Waals surface area contributed by atoms with Gasteiger partial charge in [-0.15, -0.1) is 13.2 Å². The van der Waals surface area contributed by atoms with E-state index in [1.54, 1.807) is 42.5 Å². The number of rotatable bonds is 11. The standard InChI is InChI=1S/C35H35ClF4N4O4S/c1-22-21-44(49(46,47)28-9-3-2-4-10-28)26(20-42-22)17-18-29-30(37)11-6-12-31(29)43-34(45)33(41)32(23-13-15-25(36)16-14-23)24-7-5-8-27(19-24)48-35(38,39)40/h2-16,19,22,26,32-33,42H,17-18,20-21,41H2,1H3,(H,43,45)/t22-,26+,32?,33?/m1/s1. The van der Waals surface area contributed by atoms with Gasteiger partial charge in [-0.05, 0) is 79.4 Å². The summed E-state index contributed by atoms with van der Waals surface area (Å²) in [6.07, 6.45) is -4.62. The third-order valence-corrected chi connectivity index (χ3v) is 10.5. The van der Waals surface area contributed by atoms with Gasteiger partial charge in [-0.3, -0.25) is 4.79 Å². The van der Waals surface area contributed by atoms with Gasteiger partial charge in [0, 0.05) is 47.4 Å². The van der Waals surface area contributed by atoms with E-state index in [1.807, 2.05) is 6.92 Å². The van der Waals surface area contributed by atoms with Gasteiger partial charge in [-0.1, -0.05) is 60.1 Å². The molecule has 1 saturated heterocycles. The zero-order chi connectivity index (χ0) is 35.3. The van der Waals surface area contributed by atoms with Crippen LogP contribution in [-0.2, 0) is 21.2 Å². The molecule has 0 spiro atoms. The van der Waals surface area contributed by atoms with Gasteiger partial charge in [0.25, 0.3) is 0 Å². The van der Waals surface area contributed by atoms with Gasteiger partial charge in [0.1, 0.15) is 11.6 Å². The summed E-state index contributed by atoms with van der Waals surface area (Å²) in [6.45, 7) is 2.45. The lowest BCUT2D eigenvalue weighted by atomic mass is 9.84. The van der Waals surface area contributed by atoms with Crippen molar-refractivity contribution in [1.82, 2.24) is 9.62 Å². The van der Waals surface area contributed by atoms with Crippen LogP contribution in [0.15, 0.2) is 102 Å². The van der Waals surface area contributed by atoms with Gasteiger partial charge in [0.05, 0.1) is 10.9 Å². The Labute approximate surface area is 287 Å². The normalized spacial score (nSPS) is 18.4. The van der Waals surface area contributed by atoms with Gasteiger partial charge in [0.15, 0.2) is 0 Å². The van der Waals surface area contributed by atoms with E-state index >= 15 is 4.39 Å². The first-order valence-corrected chi connectivity index (χ1v) is 17.3. The van der Waals surface area contributed by atoms with E-state index in [1.165, 1.54) is 46.8 Å². The summed E-state index contributed by atoms with van der Waals surface area (Å²) < 4.78 is 87.1. The molecule has 1 aliphatic heterocycles. The van der Waals surface area contributed by atoms with Crippen LogP contribution in [0, 0.1) is 5.82 Å². The lowest BCUT2D eigenvalue weighted by Crippen LogP contribution is -2.57. The molecule has 0 aromatic heterocycles. The number of carbonyl (C=O) groups excluding carboxylic acids is 1. The fraction of sp³-hybridized carbons (Fsp3) is 0.286. The maximum absolute atomic E-state index is 15.4. The highest BCUT2D eigenvalue weighted by Gasteiger charge is 2.36. The van der Waals surface area contributed by atoms with Crippen LogP contribution in [-0.4, -0.2) is 56.2 Å². The van der Waals surface area contributed by atoms with Crippen molar-refractivity contribution in [2.24, 2.45) is 5.73 Å². The first-order valence-electron chi connectivity index (χ1n) is 15.5. The summed E-state index contributed by atoms with van der Waals surface area (Å²) in [5, 5.41) is 6.40. The number of nitrogens with one attached hydrogen (secondary N) is 2. The molecule has 49 heavy (non-hydrogen) atoms. The van der Waals surface area contributed by atoms with Gasteiger partial charge in [-0.2, -0.15) is 4.31 Å². The number of benzene rings is 4. The SMILES string of the molecule is C[C@@H]1CN(S(=O)(=O)c2ccccc2)[C@@H](CCc2c(F)cccc2NC(=O)C(N)C(c2ccc(Cl)cc2)c2cccc(OC(F)(F)F)c2)CN1. The van der Waals surface area contributed by atoms with Crippen molar-refractivity contribution in [3.8, 4) is 5.75 Å². The number of ether oxygens (including phenoxy) is 1. The van der Waals surface area contributed by atoms with Crippen molar-refractivity contribution < 1.29 is 35.5 Å². The number of amides is 1. The first-order chi connectivity index (χ1) is 23.2. The molecule has 0 bridgehead atoms. The molecule has 4 atom stereocenters. The third-order valence-electron chi connectivity index (χ3n) is 8.36. The van der Waals surface area contributed by atoms with Crippen LogP contribution in [0.25, 0.3) is 0 Å². The minimum absolute atomic E-state index is 0.0799. The highest BCUT2D eigenvalue weighted by Crippen LogP contribution is 2.33. The van der Waals surface area contributed by atoms with Crippen molar-refractivity contribution in [3.05, 3.63) is 125 Å². The maximum atomic E-state index is 15.4. The van der Waals surface area contributed by atoms with Crippen LogP contribution in [0.5, 0.6) is 5.75 Å². The molecule has 4 aromatic carbocycles. The molecule has 2 unspecified atom stereocenters. The van der Waals surface area contributed by atoms with E-state index in [9.17, 15) is 26.4 Å². The topological polar surface area (TPSA) is 114 Å². The Morgan fingerprint density at radius 3 is 2.41 bits per heavy atom. The summed E-state index contributed by atoms with van der Waals surface area (Å²) in [4.78, 5) is 13.9. The maximum Gasteiger partial charge on any atom is 0.573 e. The predicted molar refractivity (Wildman–Crippen MR) is 179 cm³/mol. The number of hydrogen-bond donors (Lipinski definition) is 3. The monoisotopic (exact) mass is 718 g/mol. The number of nitrogens with zero attached hydrogens (tertiary/aromatic N) is 1. The van der Waals surface area contributed by atoms with Gasteiger partial charge >= 0.3 is 6.36 Å². The predicted octanol–water partition coefficient (Wildman–Crippen LogP) is 6.46. The van der Waals surface area contributed by atoms with Crippen molar-refractivity contribution in [2.75, 3.05) is 18.4 Å². The minimum Gasteiger partial charge on any atom is -0.406 e. The molecule has 0 aliphatic carbocycles. The van der Waals surface area contributed by atoms with E-state index in [0.717, 1.165) is 12.1 Å². The molecule has 14 heteroatoms. The number of halogens is 5. The molecule has 5 rings (SSSR count). The van der Waals surface area contributed by atoms with E-state index in [2.05, 4.69) is 15.4 Å². The van der Waals surface area contributed by atoms with Crippen molar-refractivity contribution >= 4 is 33.2 Å². The average Bonchev–Trinajstić information content (AvgIpc) is 3.05. The van der Waals surface area contributed by atoms with E-state index in [4.69, 9.17) is 17.3 Å². The molecule has 1 fully saturated rings. The summed E-state index contributed by atoms with van der Waals surface area (Å²) in [5.41, 5.74) is 7.57. The summed E-state index contributed by atoms with van der Waals surface area (Å²) >= 11 is 6.07. The number of alkyl halides is 3. The highest BCUT2D eigenvalue weighted by atomic mass is 35.5. The number of piperazine rings is 1. The molecule has 1 heterocycles. The largest absolute Gasteiger partial charge is 0.573 e. The average molecular weight is 719 g/mol. The fourth-order valence-electron chi connectivity index (χ4n) is 5.98. The smallest absolute Gasteiger partial charge is 0.406 e. The molecule has 1 amide bonds. The summed E-state index contributed by atoms with van der Waals surface area (Å²) in [7, 11) is -3.84. The number of hydrogen-bond acceptors (Lipinski definition) is 6. The minimum atomic E-state index is -4.93. The number of anilines is 1. The third kappa shape index (κ3) is 8.97. The Morgan fingerprint density at radius 1 is 1.02 bits per heavy atom. The van der Waals surface area contributed by atoms with Crippen LogP contribution >= 0.6 is 11.6 Å². The van der Waals surface area contributed by atoms with Crippen molar-refractivity contribution in [3.63, 3.8) is 0 Å². The van der Waals surface area contributed by atoms with Crippen LogP contribution < -0.4 is 21.1 Å². The Kier molecular flexibility index (Phi) is 11.3. The van der Waals surface area contributed by atoms with E-state index < -0.39 is 51.9 Å². The van der Waals surface area contributed by atoms with E-state index in [0.29, 0.717) is 17.1 Å². The zero-order valence-corrected chi connectivity index (χ0v) is 27.9. The van der Waals surface area contributed by atoms with Gasteiger partial charge in [-0.25, -0.2) is 12.8 Å². The Morgan fingerprint density at radius 2 is 1.71 bits per heavy atom. The molecule has 260 valence electrons. The van der Waals surface area contributed by atoms with Crippen molar-refractivity contribution in [1.29, 1.82) is 0 Å². The molecule has 0 saturated carbocycles. The van der Waals surface area contributed by atoms with Gasteiger partial charge < -0.3 is 21.1 Å².